The lowest BCUT2D eigenvalue weighted by Gasteiger charge is -2.30. The molecule has 1 aliphatic heterocycles. The van der Waals surface area contributed by atoms with E-state index in [1.807, 2.05) is 0 Å². The van der Waals surface area contributed by atoms with Gasteiger partial charge in [0.25, 0.3) is 0 Å². The lowest BCUT2D eigenvalue weighted by molar-refractivity contribution is 0.0698. The van der Waals surface area contributed by atoms with Gasteiger partial charge in [-0.05, 0) is 43.3 Å². The van der Waals surface area contributed by atoms with Crippen LogP contribution in [0.2, 0.25) is 0 Å². The average Bonchev–Trinajstić information content (AvgIpc) is 2.89. The van der Waals surface area contributed by atoms with Gasteiger partial charge in [-0.15, -0.1) is 11.3 Å². The van der Waals surface area contributed by atoms with Gasteiger partial charge in [0, 0.05) is 13.1 Å². The summed E-state index contributed by atoms with van der Waals surface area (Å²) >= 11 is 1.20. The zero-order chi connectivity index (χ0) is 15.2. The molecule has 2 amide bonds. The molecule has 0 bridgehead atoms. The van der Waals surface area contributed by atoms with Crippen LogP contribution in [0, 0.1) is 5.92 Å². The molecule has 0 aromatic carbocycles. The SMILES string of the molecule is CC1CCN(CCNC(=O)Nc2sccc2C(=O)O)CC1. The lowest BCUT2D eigenvalue weighted by atomic mass is 9.99. The van der Waals surface area contributed by atoms with Crippen LogP contribution < -0.4 is 10.6 Å². The number of thiophene rings is 1. The van der Waals surface area contributed by atoms with Crippen molar-refractivity contribution in [3.63, 3.8) is 0 Å². The summed E-state index contributed by atoms with van der Waals surface area (Å²) in [6, 6.07) is 1.13. The Morgan fingerprint density at radius 2 is 2.14 bits per heavy atom. The molecule has 6 nitrogen and oxygen atoms in total. The highest BCUT2D eigenvalue weighted by Crippen LogP contribution is 2.22. The Kier molecular flexibility index (Phi) is 5.58. The summed E-state index contributed by atoms with van der Waals surface area (Å²) in [4.78, 5) is 25.0. The molecule has 0 spiro atoms. The van der Waals surface area contributed by atoms with Gasteiger partial charge in [0.05, 0.1) is 5.56 Å². The van der Waals surface area contributed by atoms with E-state index in [4.69, 9.17) is 5.11 Å². The quantitative estimate of drug-likeness (QED) is 0.779. The molecule has 0 unspecified atom stereocenters. The van der Waals surface area contributed by atoms with E-state index in [9.17, 15) is 9.59 Å². The molecule has 7 heteroatoms. The van der Waals surface area contributed by atoms with Gasteiger partial charge < -0.3 is 15.3 Å². The predicted octanol–water partition coefficient (Wildman–Crippen LogP) is 2.30. The Bertz CT molecular complexity index is 495. The fourth-order valence-electron chi connectivity index (χ4n) is 2.34. The van der Waals surface area contributed by atoms with E-state index in [0.717, 1.165) is 25.6 Å². The third-order valence-electron chi connectivity index (χ3n) is 3.71. The van der Waals surface area contributed by atoms with Gasteiger partial charge >= 0.3 is 12.0 Å². The van der Waals surface area contributed by atoms with Crippen molar-refractivity contribution in [2.24, 2.45) is 5.92 Å². The number of hydrogen-bond donors (Lipinski definition) is 3. The first kappa shape index (κ1) is 15.8. The summed E-state index contributed by atoms with van der Waals surface area (Å²) in [7, 11) is 0. The molecule has 1 aromatic rings. The van der Waals surface area contributed by atoms with Crippen molar-refractivity contribution in [3.8, 4) is 0 Å². The highest BCUT2D eigenvalue weighted by Gasteiger charge is 2.16. The second-order valence-corrected chi connectivity index (χ2v) is 6.29. The topological polar surface area (TPSA) is 81.7 Å². The number of carbonyl (C=O) groups excluding carboxylic acids is 1. The first-order chi connectivity index (χ1) is 10.1. The van der Waals surface area contributed by atoms with Crippen LogP contribution in [0.25, 0.3) is 0 Å². The van der Waals surface area contributed by atoms with Crippen LogP contribution in [0.4, 0.5) is 9.80 Å². The molecule has 21 heavy (non-hydrogen) atoms. The van der Waals surface area contributed by atoms with Crippen LogP contribution in [0.15, 0.2) is 11.4 Å². The minimum Gasteiger partial charge on any atom is -0.478 e. The van der Waals surface area contributed by atoms with Crippen LogP contribution in [0.5, 0.6) is 0 Å². The number of carboxylic acid groups (broad SMARTS) is 1. The molecule has 1 aliphatic rings. The number of nitrogens with one attached hydrogen (secondary N) is 2. The molecule has 116 valence electrons. The Morgan fingerprint density at radius 1 is 1.43 bits per heavy atom. The van der Waals surface area contributed by atoms with Gasteiger partial charge in [0.15, 0.2) is 0 Å². The van der Waals surface area contributed by atoms with Crippen molar-refractivity contribution < 1.29 is 14.7 Å². The van der Waals surface area contributed by atoms with Crippen LogP contribution >= 0.6 is 11.3 Å². The van der Waals surface area contributed by atoms with Crippen molar-refractivity contribution >= 4 is 28.3 Å². The normalized spacial score (nSPS) is 16.6. The first-order valence-electron chi connectivity index (χ1n) is 7.14. The molecular weight excluding hydrogens is 290 g/mol. The summed E-state index contributed by atoms with van der Waals surface area (Å²) in [5.74, 6) is -0.236. The first-order valence-corrected chi connectivity index (χ1v) is 8.02. The summed E-state index contributed by atoms with van der Waals surface area (Å²) in [5, 5.41) is 16.3. The number of rotatable bonds is 5. The molecule has 0 radical (unpaired) electrons. The Morgan fingerprint density at radius 3 is 2.81 bits per heavy atom. The lowest BCUT2D eigenvalue weighted by Crippen LogP contribution is -2.40. The van der Waals surface area contributed by atoms with E-state index >= 15 is 0 Å². The van der Waals surface area contributed by atoms with E-state index in [0.29, 0.717) is 11.5 Å². The summed E-state index contributed by atoms with van der Waals surface area (Å²) in [6.45, 7) is 5.82. The van der Waals surface area contributed by atoms with Crippen molar-refractivity contribution in [2.75, 3.05) is 31.5 Å². The largest absolute Gasteiger partial charge is 0.478 e. The van der Waals surface area contributed by atoms with E-state index in [1.54, 1.807) is 5.38 Å². The molecule has 2 heterocycles. The van der Waals surface area contributed by atoms with Crippen LogP contribution in [-0.2, 0) is 0 Å². The van der Waals surface area contributed by atoms with Crippen LogP contribution in [-0.4, -0.2) is 48.2 Å². The third-order valence-corrected chi connectivity index (χ3v) is 4.54. The monoisotopic (exact) mass is 311 g/mol. The maximum atomic E-state index is 11.8. The molecule has 1 fully saturated rings. The van der Waals surface area contributed by atoms with Crippen molar-refractivity contribution in [1.29, 1.82) is 0 Å². The molecule has 0 saturated carbocycles. The summed E-state index contributed by atoms with van der Waals surface area (Å²) < 4.78 is 0. The molecule has 1 aromatic heterocycles. The number of nitrogens with zero attached hydrogens (tertiary/aromatic N) is 1. The average molecular weight is 311 g/mol. The van der Waals surface area contributed by atoms with Crippen molar-refractivity contribution in [1.82, 2.24) is 10.2 Å². The number of piperidine rings is 1. The number of anilines is 1. The number of hydrogen-bond acceptors (Lipinski definition) is 4. The summed E-state index contributed by atoms with van der Waals surface area (Å²) in [6.07, 6.45) is 2.42. The maximum Gasteiger partial charge on any atom is 0.338 e. The van der Waals surface area contributed by atoms with Gasteiger partial charge in [-0.3, -0.25) is 5.32 Å². The van der Waals surface area contributed by atoms with E-state index < -0.39 is 5.97 Å². The van der Waals surface area contributed by atoms with Crippen molar-refractivity contribution in [2.45, 2.75) is 19.8 Å². The smallest absolute Gasteiger partial charge is 0.338 e. The fourth-order valence-corrected chi connectivity index (χ4v) is 3.11. The molecule has 0 aliphatic carbocycles. The Hall–Kier alpha value is -1.60. The van der Waals surface area contributed by atoms with Gasteiger partial charge in [0.1, 0.15) is 5.00 Å². The van der Waals surface area contributed by atoms with E-state index in [1.165, 1.54) is 30.2 Å². The molecule has 0 atom stereocenters. The highest BCUT2D eigenvalue weighted by molar-refractivity contribution is 7.14. The molecule has 2 rings (SSSR count). The number of urea groups is 1. The molecule has 3 N–H and O–H groups in total. The standard InChI is InChI=1S/C14H21N3O3S/c1-10-2-6-17(7-3-10)8-5-15-14(20)16-12-11(13(18)19)4-9-21-12/h4,9-10H,2-3,5-8H2,1H3,(H,18,19)(H2,15,16,20). The molecule has 1 saturated heterocycles. The van der Waals surface area contributed by atoms with E-state index in [2.05, 4.69) is 22.5 Å². The maximum absolute atomic E-state index is 11.8. The molecular formula is C14H21N3O3S. The fraction of sp³-hybridized carbons (Fsp3) is 0.571. The zero-order valence-corrected chi connectivity index (χ0v) is 12.9. The van der Waals surface area contributed by atoms with Gasteiger partial charge in [0.2, 0.25) is 0 Å². The highest BCUT2D eigenvalue weighted by atomic mass is 32.1. The third kappa shape index (κ3) is 4.71. The number of carboxylic acids is 1. The van der Waals surface area contributed by atoms with Crippen molar-refractivity contribution in [3.05, 3.63) is 17.0 Å². The minimum atomic E-state index is -1.03. The summed E-state index contributed by atoms with van der Waals surface area (Å²) in [5.41, 5.74) is 0.125. The minimum absolute atomic E-state index is 0.125. The number of likely N-dealkylation sites (tertiary alicyclic amines) is 1. The van der Waals surface area contributed by atoms with Gasteiger partial charge in [-0.1, -0.05) is 6.92 Å². The van der Waals surface area contributed by atoms with Crippen LogP contribution in [0.1, 0.15) is 30.1 Å². The second-order valence-electron chi connectivity index (χ2n) is 5.37. The Balaban J connectivity index is 1.70. The predicted molar refractivity (Wildman–Crippen MR) is 83.1 cm³/mol. The van der Waals surface area contributed by atoms with Gasteiger partial charge in [-0.25, -0.2) is 9.59 Å². The second kappa shape index (κ2) is 7.42. The van der Waals surface area contributed by atoms with Gasteiger partial charge in [-0.2, -0.15) is 0 Å². The number of aromatic carboxylic acids is 1. The van der Waals surface area contributed by atoms with E-state index in [-0.39, 0.29) is 11.6 Å². The number of carbonyl (C=O) groups is 2. The Labute approximate surface area is 128 Å². The number of amides is 2. The van der Waals surface area contributed by atoms with Crippen LogP contribution in [0.3, 0.4) is 0 Å². The zero-order valence-electron chi connectivity index (χ0n) is 12.1.